The van der Waals surface area contributed by atoms with Crippen LogP contribution in [0.25, 0.3) is 0 Å². The largest absolute Gasteiger partial charge is 0.508 e. The summed E-state index contributed by atoms with van der Waals surface area (Å²) >= 11 is 0. The van der Waals surface area contributed by atoms with Crippen molar-refractivity contribution in [2.75, 3.05) is 13.2 Å². The van der Waals surface area contributed by atoms with Gasteiger partial charge in [0.2, 0.25) is 0 Å². The van der Waals surface area contributed by atoms with Gasteiger partial charge >= 0.3 is 0 Å². The van der Waals surface area contributed by atoms with Crippen LogP contribution in [-0.2, 0) is 11.3 Å². The number of hydrogen-bond acceptors (Lipinski definition) is 3. The Labute approximate surface area is 97.4 Å². The molecule has 0 amide bonds. The Morgan fingerprint density at radius 3 is 2.56 bits per heavy atom. The summed E-state index contributed by atoms with van der Waals surface area (Å²) in [6, 6.07) is 7.65. The van der Waals surface area contributed by atoms with E-state index in [1.54, 1.807) is 12.1 Å². The Morgan fingerprint density at radius 1 is 1.25 bits per heavy atom. The maximum atomic E-state index is 9.10. The highest BCUT2D eigenvalue weighted by atomic mass is 16.5. The van der Waals surface area contributed by atoms with Crippen LogP contribution in [-0.4, -0.2) is 24.3 Å². The first kappa shape index (κ1) is 13.0. The number of phenolic OH excluding ortho intramolecular Hbond substituents is 1. The van der Waals surface area contributed by atoms with E-state index in [0.29, 0.717) is 18.4 Å². The van der Waals surface area contributed by atoms with E-state index in [0.717, 1.165) is 25.1 Å². The first-order valence-electron chi connectivity index (χ1n) is 5.77. The van der Waals surface area contributed by atoms with E-state index < -0.39 is 0 Å². The Bertz CT molecular complexity index is 282. The molecule has 0 unspecified atom stereocenters. The average molecular weight is 223 g/mol. The van der Waals surface area contributed by atoms with Crippen LogP contribution in [0.5, 0.6) is 5.75 Å². The van der Waals surface area contributed by atoms with Crippen molar-refractivity contribution in [1.29, 1.82) is 0 Å². The lowest BCUT2D eigenvalue weighted by Gasteiger charge is -2.08. The molecule has 1 aromatic rings. The van der Waals surface area contributed by atoms with E-state index in [1.165, 1.54) is 0 Å². The number of aromatic hydroxyl groups is 1. The van der Waals surface area contributed by atoms with Crippen LogP contribution in [0.1, 0.15) is 25.8 Å². The van der Waals surface area contributed by atoms with Crippen molar-refractivity contribution < 1.29 is 9.84 Å². The van der Waals surface area contributed by atoms with Crippen LogP contribution >= 0.6 is 0 Å². The minimum Gasteiger partial charge on any atom is -0.508 e. The molecule has 0 aliphatic rings. The first-order chi connectivity index (χ1) is 7.68. The number of hydrogen-bond donors (Lipinski definition) is 2. The van der Waals surface area contributed by atoms with Crippen molar-refractivity contribution in [3.05, 3.63) is 29.8 Å². The second-order valence-electron chi connectivity index (χ2n) is 4.18. The molecular formula is C13H21NO2. The quantitative estimate of drug-likeness (QED) is 0.697. The molecule has 0 atom stereocenters. The molecule has 1 rings (SSSR count). The second kappa shape index (κ2) is 7.25. The molecule has 0 aromatic heterocycles. The third-order valence-electron chi connectivity index (χ3n) is 2.22. The van der Waals surface area contributed by atoms with E-state index in [-0.39, 0.29) is 0 Å². The van der Waals surface area contributed by atoms with Gasteiger partial charge in [0, 0.05) is 12.6 Å². The summed E-state index contributed by atoms with van der Waals surface area (Å²) in [5, 5.41) is 12.4. The van der Waals surface area contributed by atoms with Gasteiger partial charge in [-0.05, 0) is 30.7 Å². The Balaban J connectivity index is 2.05. The molecule has 0 radical (unpaired) electrons. The predicted octanol–water partition coefficient (Wildman–Crippen LogP) is 2.30. The van der Waals surface area contributed by atoms with Crippen LogP contribution in [0.3, 0.4) is 0 Å². The fourth-order valence-corrected chi connectivity index (χ4v) is 1.35. The zero-order valence-electron chi connectivity index (χ0n) is 10.1. The SMILES string of the molecule is CC(C)NCCCOCc1ccc(O)cc1. The molecule has 2 N–H and O–H groups in total. The molecule has 16 heavy (non-hydrogen) atoms. The summed E-state index contributed by atoms with van der Waals surface area (Å²) < 4.78 is 5.52. The van der Waals surface area contributed by atoms with Gasteiger partial charge in [-0.3, -0.25) is 0 Å². The van der Waals surface area contributed by atoms with Crippen LogP contribution in [0.2, 0.25) is 0 Å². The van der Waals surface area contributed by atoms with Crippen LogP contribution in [0.15, 0.2) is 24.3 Å². The van der Waals surface area contributed by atoms with Gasteiger partial charge in [-0.25, -0.2) is 0 Å². The van der Waals surface area contributed by atoms with E-state index in [1.807, 2.05) is 12.1 Å². The summed E-state index contributed by atoms with van der Waals surface area (Å²) in [5.41, 5.74) is 1.09. The number of ether oxygens (including phenoxy) is 1. The Kier molecular flexibility index (Phi) is 5.90. The Hall–Kier alpha value is -1.06. The van der Waals surface area contributed by atoms with Crippen molar-refractivity contribution >= 4 is 0 Å². The van der Waals surface area contributed by atoms with Gasteiger partial charge in [-0.1, -0.05) is 26.0 Å². The fraction of sp³-hybridized carbons (Fsp3) is 0.538. The van der Waals surface area contributed by atoms with Crippen molar-refractivity contribution in [2.24, 2.45) is 0 Å². The van der Waals surface area contributed by atoms with E-state index in [9.17, 15) is 0 Å². The van der Waals surface area contributed by atoms with Gasteiger partial charge < -0.3 is 15.2 Å². The highest BCUT2D eigenvalue weighted by Gasteiger charge is 1.95. The number of nitrogens with one attached hydrogen (secondary N) is 1. The summed E-state index contributed by atoms with van der Waals surface area (Å²) in [4.78, 5) is 0. The molecule has 1 aromatic carbocycles. The third kappa shape index (κ3) is 5.73. The normalized spacial score (nSPS) is 10.9. The summed E-state index contributed by atoms with van der Waals surface area (Å²) in [6.07, 6.45) is 1.02. The molecule has 90 valence electrons. The molecule has 0 fully saturated rings. The molecular weight excluding hydrogens is 202 g/mol. The van der Waals surface area contributed by atoms with Gasteiger partial charge in [0.15, 0.2) is 0 Å². The zero-order valence-corrected chi connectivity index (χ0v) is 10.1. The molecule has 0 heterocycles. The molecule has 0 saturated heterocycles. The molecule has 0 bridgehead atoms. The van der Waals surface area contributed by atoms with Crippen LogP contribution in [0.4, 0.5) is 0 Å². The molecule has 0 spiro atoms. The maximum Gasteiger partial charge on any atom is 0.115 e. The van der Waals surface area contributed by atoms with E-state index in [2.05, 4.69) is 19.2 Å². The highest BCUT2D eigenvalue weighted by molar-refractivity contribution is 5.25. The van der Waals surface area contributed by atoms with Gasteiger partial charge in [0.05, 0.1) is 6.61 Å². The van der Waals surface area contributed by atoms with Crippen molar-refractivity contribution in [1.82, 2.24) is 5.32 Å². The molecule has 0 aliphatic heterocycles. The van der Waals surface area contributed by atoms with Crippen LogP contribution < -0.4 is 5.32 Å². The summed E-state index contributed by atoms with van der Waals surface area (Å²) in [7, 11) is 0. The lowest BCUT2D eigenvalue weighted by molar-refractivity contribution is 0.118. The zero-order chi connectivity index (χ0) is 11.8. The highest BCUT2D eigenvalue weighted by Crippen LogP contribution is 2.10. The summed E-state index contributed by atoms with van der Waals surface area (Å²) in [6.45, 7) is 6.64. The monoisotopic (exact) mass is 223 g/mol. The molecule has 3 nitrogen and oxygen atoms in total. The lowest BCUT2D eigenvalue weighted by atomic mass is 10.2. The van der Waals surface area contributed by atoms with Gasteiger partial charge in [0.25, 0.3) is 0 Å². The van der Waals surface area contributed by atoms with Crippen molar-refractivity contribution in [3.8, 4) is 5.75 Å². The van der Waals surface area contributed by atoms with Crippen molar-refractivity contribution in [2.45, 2.75) is 32.9 Å². The first-order valence-corrected chi connectivity index (χ1v) is 5.77. The van der Waals surface area contributed by atoms with E-state index >= 15 is 0 Å². The summed E-state index contributed by atoms with van der Waals surface area (Å²) in [5.74, 6) is 0.296. The minimum absolute atomic E-state index is 0.296. The van der Waals surface area contributed by atoms with Gasteiger partial charge in [0.1, 0.15) is 5.75 Å². The maximum absolute atomic E-state index is 9.10. The third-order valence-corrected chi connectivity index (χ3v) is 2.22. The average Bonchev–Trinajstić information content (AvgIpc) is 2.25. The van der Waals surface area contributed by atoms with Crippen LogP contribution in [0, 0.1) is 0 Å². The minimum atomic E-state index is 0.296. The van der Waals surface area contributed by atoms with Gasteiger partial charge in [-0.15, -0.1) is 0 Å². The fourth-order valence-electron chi connectivity index (χ4n) is 1.35. The number of rotatable bonds is 7. The number of benzene rings is 1. The molecule has 0 saturated carbocycles. The topological polar surface area (TPSA) is 41.5 Å². The predicted molar refractivity (Wildman–Crippen MR) is 65.5 cm³/mol. The van der Waals surface area contributed by atoms with Gasteiger partial charge in [-0.2, -0.15) is 0 Å². The number of phenols is 1. The standard InChI is InChI=1S/C13H21NO2/c1-11(2)14-8-3-9-16-10-12-4-6-13(15)7-5-12/h4-7,11,14-15H,3,8-10H2,1-2H3. The smallest absolute Gasteiger partial charge is 0.115 e. The Morgan fingerprint density at radius 2 is 1.94 bits per heavy atom. The lowest BCUT2D eigenvalue weighted by Crippen LogP contribution is -2.24. The second-order valence-corrected chi connectivity index (χ2v) is 4.18. The molecule has 0 aliphatic carbocycles. The van der Waals surface area contributed by atoms with E-state index in [4.69, 9.17) is 9.84 Å². The molecule has 3 heteroatoms. The van der Waals surface area contributed by atoms with Crippen molar-refractivity contribution in [3.63, 3.8) is 0 Å².